The van der Waals surface area contributed by atoms with Gasteiger partial charge in [-0.05, 0) is 30.5 Å². The zero-order valence-corrected chi connectivity index (χ0v) is 13.6. The SMILES string of the molecule is c1cnc(N2CCO[C@@H]3[C@H](COCc4cccnc4)CC[C@H]32)nc1. The Morgan fingerprint density at radius 1 is 1.17 bits per heavy atom. The van der Waals surface area contributed by atoms with Crippen molar-refractivity contribution in [2.75, 3.05) is 24.7 Å². The van der Waals surface area contributed by atoms with Crippen LogP contribution in [0.3, 0.4) is 0 Å². The first-order chi connectivity index (χ1) is 11.9. The van der Waals surface area contributed by atoms with Gasteiger partial charge in [-0.3, -0.25) is 4.98 Å². The number of morpholine rings is 1. The van der Waals surface area contributed by atoms with Crippen LogP contribution in [0, 0.1) is 5.92 Å². The second kappa shape index (κ2) is 7.23. The summed E-state index contributed by atoms with van der Waals surface area (Å²) in [5.41, 5.74) is 1.11. The van der Waals surface area contributed by atoms with Gasteiger partial charge >= 0.3 is 0 Å². The van der Waals surface area contributed by atoms with Crippen molar-refractivity contribution in [3.63, 3.8) is 0 Å². The first-order valence-corrected chi connectivity index (χ1v) is 8.54. The maximum Gasteiger partial charge on any atom is 0.225 e. The van der Waals surface area contributed by atoms with Crippen LogP contribution in [0.25, 0.3) is 0 Å². The molecule has 0 amide bonds. The van der Waals surface area contributed by atoms with Gasteiger partial charge in [0.1, 0.15) is 0 Å². The molecule has 4 rings (SSSR count). The second-order valence-corrected chi connectivity index (χ2v) is 6.36. The lowest BCUT2D eigenvalue weighted by Gasteiger charge is -2.39. The fourth-order valence-corrected chi connectivity index (χ4v) is 3.74. The van der Waals surface area contributed by atoms with E-state index in [4.69, 9.17) is 9.47 Å². The van der Waals surface area contributed by atoms with Crippen molar-refractivity contribution in [2.24, 2.45) is 5.92 Å². The molecule has 0 bridgehead atoms. The predicted octanol–water partition coefficient (Wildman–Crippen LogP) is 2.07. The Balaban J connectivity index is 1.36. The Morgan fingerprint density at radius 2 is 2.08 bits per heavy atom. The molecule has 6 heteroatoms. The van der Waals surface area contributed by atoms with E-state index in [2.05, 4.69) is 19.9 Å². The van der Waals surface area contributed by atoms with Crippen LogP contribution < -0.4 is 4.90 Å². The summed E-state index contributed by atoms with van der Waals surface area (Å²) in [6.07, 6.45) is 9.66. The van der Waals surface area contributed by atoms with E-state index >= 15 is 0 Å². The maximum absolute atomic E-state index is 6.08. The molecule has 126 valence electrons. The lowest BCUT2D eigenvalue weighted by molar-refractivity contribution is -0.0311. The fourth-order valence-electron chi connectivity index (χ4n) is 3.74. The largest absolute Gasteiger partial charge is 0.376 e. The number of hydrogen-bond acceptors (Lipinski definition) is 6. The molecular weight excluding hydrogens is 304 g/mol. The molecule has 2 aromatic heterocycles. The van der Waals surface area contributed by atoms with E-state index in [1.165, 1.54) is 0 Å². The van der Waals surface area contributed by atoms with Crippen molar-refractivity contribution in [3.8, 4) is 0 Å². The van der Waals surface area contributed by atoms with Crippen molar-refractivity contribution in [3.05, 3.63) is 48.5 Å². The number of nitrogens with zero attached hydrogens (tertiary/aromatic N) is 4. The van der Waals surface area contributed by atoms with Gasteiger partial charge in [-0.1, -0.05) is 6.07 Å². The summed E-state index contributed by atoms with van der Waals surface area (Å²) < 4.78 is 12.0. The number of anilines is 1. The van der Waals surface area contributed by atoms with Crippen LogP contribution in [-0.4, -0.2) is 46.9 Å². The standard InChI is InChI=1S/C18H22N4O2/c1-3-14(11-19-6-1)12-23-13-15-4-5-16-17(15)24-10-9-22(16)18-20-7-2-8-21-18/h1-3,6-8,11,15-17H,4-5,9-10,12-13H2/t15-,16+,17+/m0/s1. The normalized spacial score (nSPS) is 26.3. The van der Waals surface area contributed by atoms with Crippen molar-refractivity contribution in [1.82, 2.24) is 15.0 Å². The molecule has 3 atom stereocenters. The molecule has 0 aromatic carbocycles. The van der Waals surface area contributed by atoms with Crippen molar-refractivity contribution in [1.29, 1.82) is 0 Å². The molecule has 6 nitrogen and oxygen atoms in total. The highest BCUT2D eigenvalue weighted by Crippen LogP contribution is 2.36. The summed E-state index contributed by atoms with van der Waals surface area (Å²) in [7, 11) is 0. The first-order valence-electron chi connectivity index (χ1n) is 8.54. The Labute approximate surface area is 141 Å². The van der Waals surface area contributed by atoms with E-state index in [1.807, 2.05) is 24.4 Å². The van der Waals surface area contributed by atoms with E-state index in [1.54, 1.807) is 18.6 Å². The molecule has 0 unspecified atom stereocenters. The third-order valence-electron chi connectivity index (χ3n) is 4.85. The number of ether oxygens (including phenoxy) is 2. The molecule has 2 aromatic rings. The minimum Gasteiger partial charge on any atom is -0.376 e. The summed E-state index contributed by atoms with van der Waals surface area (Å²) in [6, 6.07) is 6.18. The minimum atomic E-state index is 0.205. The van der Waals surface area contributed by atoms with Gasteiger partial charge < -0.3 is 14.4 Å². The molecule has 0 N–H and O–H groups in total. The number of rotatable bonds is 5. The highest BCUT2D eigenvalue weighted by atomic mass is 16.5. The van der Waals surface area contributed by atoms with Gasteiger partial charge in [0.25, 0.3) is 0 Å². The number of fused-ring (bicyclic) bond motifs is 1. The lowest BCUT2D eigenvalue weighted by atomic mass is 10.0. The smallest absolute Gasteiger partial charge is 0.225 e. The van der Waals surface area contributed by atoms with Crippen molar-refractivity contribution in [2.45, 2.75) is 31.6 Å². The highest BCUT2D eigenvalue weighted by molar-refractivity contribution is 5.33. The molecule has 1 saturated heterocycles. The van der Waals surface area contributed by atoms with E-state index in [0.717, 1.165) is 44.1 Å². The monoisotopic (exact) mass is 326 g/mol. The van der Waals surface area contributed by atoms with E-state index in [-0.39, 0.29) is 6.10 Å². The third kappa shape index (κ3) is 3.25. The highest BCUT2D eigenvalue weighted by Gasteiger charge is 2.43. The summed E-state index contributed by atoms with van der Waals surface area (Å²) >= 11 is 0. The Hall–Kier alpha value is -2.05. The van der Waals surface area contributed by atoms with Gasteiger partial charge in [-0.25, -0.2) is 9.97 Å². The number of hydrogen-bond donors (Lipinski definition) is 0. The van der Waals surface area contributed by atoms with Gasteiger partial charge in [-0.2, -0.15) is 0 Å². The average Bonchev–Trinajstić information content (AvgIpc) is 3.07. The third-order valence-corrected chi connectivity index (χ3v) is 4.85. The van der Waals surface area contributed by atoms with E-state index in [0.29, 0.717) is 18.6 Å². The zero-order valence-electron chi connectivity index (χ0n) is 13.6. The average molecular weight is 326 g/mol. The van der Waals surface area contributed by atoms with E-state index in [9.17, 15) is 0 Å². The van der Waals surface area contributed by atoms with Crippen LogP contribution in [0.1, 0.15) is 18.4 Å². The maximum atomic E-state index is 6.08. The molecule has 1 aliphatic heterocycles. The van der Waals surface area contributed by atoms with Crippen LogP contribution >= 0.6 is 0 Å². The molecule has 0 spiro atoms. The molecule has 3 heterocycles. The van der Waals surface area contributed by atoms with Gasteiger partial charge in [0, 0.05) is 37.3 Å². The van der Waals surface area contributed by atoms with Gasteiger partial charge in [-0.15, -0.1) is 0 Å². The summed E-state index contributed by atoms with van der Waals surface area (Å²) in [6.45, 7) is 2.90. The topological polar surface area (TPSA) is 60.4 Å². The summed E-state index contributed by atoms with van der Waals surface area (Å²) in [4.78, 5) is 15.2. The second-order valence-electron chi connectivity index (χ2n) is 6.36. The molecule has 1 aliphatic carbocycles. The molecular formula is C18H22N4O2. The van der Waals surface area contributed by atoms with Crippen molar-refractivity contribution < 1.29 is 9.47 Å². The Kier molecular flexibility index (Phi) is 4.66. The minimum absolute atomic E-state index is 0.205. The fraction of sp³-hybridized carbons (Fsp3) is 0.500. The van der Waals surface area contributed by atoms with Crippen LogP contribution in [0.2, 0.25) is 0 Å². The van der Waals surface area contributed by atoms with Gasteiger partial charge in [0.15, 0.2) is 0 Å². The molecule has 1 saturated carbocycles. The molecule has 0 radical (unpaired) electrons. The Morgan fingerprint density at radius 3 is 2.92 bits per heavy atom. The first kappa shape index (κ1) is 15.5. The zero-order chi connectivity index (χ0) is 16.2. The summed E-state index contributed by atoms with van der Waals surface area (Å²) in [5, 5.41) is 0. The molecule has 24 heavy (non-hydrogen) atoms. The van der Waals surface area contributed by atoms with Crippen LogP contribution in [-0.2, 0) is 16.1 Å². The van der Waals surface area contributed by atoms with Crippen molar-refractivity contribution >= 4 is 5.95 Å². The number of aromatic nitrogens is 3. The number of pyridine rings is 1. The van der Waals surface area contributed by atoms with Crippen LogP contribution in [0.15, 0.2) is 43.0 Å². The molecule has 2 fully saturated rings. The van der Waals surface area contributed by atoms with Crippen LogP contribution in [0.5, 0.6) is 0 Å². The van der Waals surface area contributed by atoms with Crippen LogP contribution in [0.4, 0.5) is 5.95 Å². The quantitative estimate of drug-likeness (QED) is 0.838. The Bertz CT molecular complexity index is 640. The summed E-state index contributed by atoms with van der Waals surface area (Å²) in [5.74, 6) is 1.24. The molecule has 2 aliphatic rings. The lowest BCUT2D eigenvalue weighted by Crippen LogP contribution is -2.51. The van der Waals surface area contributed by atoms with Gasteiger partial charge in [0.2, 0.25) is 5.95 Å². The van der Waals surface area contributed by atoms with Gasteiger partial charge in [0.05, 0.1) is 32.0 Å². The predicted molar refractivity (Wildman–Crippen MR) is 89.5 cm³/mol. The van der Waals surface area contributed by atoms with E-state index < -0.39 is 0 Å².